The van der Waals surface area contributed by atoms with Crippen LogP contribution in [0.25, 0.3) is 0 Å². The number of hydrogen-bond acceptors (Lipinski definition) is 4. The summed E-state index contributed by atoms with van der Waals surface area (Å²) in [6, 6.07) is 0.252. The molecule has 1 aliphatic rings. The summed E-state index contributed by atoms with van der Waals surface area (Å²) in [6.07, 6.45) is 0.202. The molecule has 0 spiro atoms. The van der Waals surface area contributed by atoms with E-state index in [0.29, 0.717) is 12.5 Å². The van der Waals surface area contributed by atoms with E-state index in [0.717, 1.165) is 18.9 Å². The number of nitrogens with zero attached hydrogens (tertiary/aromatic N) is 1. The molecule has 0 aliphatic carbocycles. The zero-order valence-corrected chi connectivity index (χ0v) is 10.1. The fraction of sp³-hybridized carbons (Fsp3) is 0.909. The molecule has 0 amide bonds. The minimum Gasteiger partial charge on any atom is -0.394 e. The molecule has 0 unspecified atom stereocenters. The number of nitrogens with one attached hydrogen (secondary N) is 1. The Kier molecular flexibility index (Phi) is 5.05. The Morgan fingerprint density at radius 1 is 1.60 bits per heavy atom. The van der Waals surface area contributed by atoms with Gasteiger partial charge in [0.1, 0.15) is 6.61 Å². The molecule has 4 heteroatoms. The van der Waals surface area contributed by atoms with E-state index >= 15 is 0 Å². The van der Waals surface area contributed by atoms with Gasteiger partial charge in [-0.25, -0.2) is 0 Å². The molecule has 1 N–H and O–H groups in total. The third kappa shape index (κ3) is 4.18. The van der Waals surface area contributed by atoms with E-state index < -0.39 is 0 Å². The van der Waals surface area contributed by atoms with Crippen LogP contribution in [0.2, 0.25) is 0 Å². The lowest BCUT2D eigenvalue weighted by Gasteiger charge is -2.29. The third-order valence-electron chi connectivity index (χ3n) is 2.75. The predicted octanol–water partition coefficient (Wildman–Crippen LogP) is 1.41. The fourth-order valence-electron chi connectivity index (χ4n) is 1.29. The lowest BCUT2D eigenvalue weighted by molar-refractivity contribution is -0.0220. The molecule has 1 fully saturated rings. The molecule has 2 atom stereocenters. The average Bonchev–Trinajstić information content (AvgIpc) is 2.20. The van der Waals surface area contributed by atoms with Crippen LogP contribution in [-0.2, 0) is 9.57 Å². The first-order valence-corrected chi connectivity index (χ1v) is 5.62. The molecule has 0 saturated carbocycles. The molecule has 0 bridgehead atoms. The molecule has 4 nitrogen and oxygen atoms in total. The maximum atomic E-state index is 5.50. The molecule has 0 aromatic carbocycles. The average molecular weight is 214 g/mol. The SMILES string of the molecule is C/C(=N\OC[C@H]1NCCO[C@@H]1C)C(C)C. The van der Waals surface area contributed by atoms with Crippen molar-refractivity contribution in [3.8, 4) is 0 Å². The van der Waals surface area contributed by atoms with Crippen molar-refractivity contribution in [3.05, 3.63) is 0 Å². The molecule has 1 rings (SSSR count). The summed E-state index contributed by atoms with van der Waals surface area (Å²) in [5, 5.41) is 7.43. The van der Waals surface area contributed by atoms with Gasteiger partial charge in [-0.1, -0.05) is 19.0 Å². The highest BCUT2D eigenvalue weighted by molar-refractivity contribution is 5.83. The predicted molar refractivity (Wildman–Crippen MR) is 61.1 cm³/mol. The van der Waals surface area contributed by atoms with Gasteiger partial charge in [-0.3, -0.25) is 0 Å². The Bertz CT molecular complexity index is 217. The van der Waals surface area contributed by atoms with E-state index in [2.05, 4.69) is 31.2 Å². The van der Waals surface area contributed by atoms with Crippen molar-refractivity contribution in [1.29, 1.82) is 0 Å². The van der Waals surface area contributed by atoms with E-state index in [4.69, 9.17) is 9.57 Å². The molecule has 88 valence electrons. The minimum atomic E-state index is 0.202. The van der Waals surface area contributed by atoms with Crippen LogP contribution in [0.15, 0.2) is 5.16 Å². The van der Waals surface area contributed by atoms with E-state index in [9.17, 15) is 0 Å². The van der Waals surface area contributed by atoms with E-state index in [1.54, 1.807) is 0 Å². The number of oxime groups is 1. The molecular weight excluding hydrogens is 192 g/mol. The Morgan fingerprint density at radius 3 is 2.93 bits per heavy atom. The van der Waals surface area contributed by atoms with E-state index in [1.807, 2.05) is 6.92 Å². The maximum absolute atomic E-state index is 5.50. The van der Waals surface area contributed by atoms with Crippen molar-refractivity contribution in [3.63, 3.8) is 0 Å². The van der Waals surface area contributed by atoms with Crippen LogP contribution in [0.5, 0.6) is 0 Å². The number of ether oxygens (including phenoxy) is 1. The Hall–Kier alpha value is -0.610. The van der Waals surface area contributed by atoms with Gasteiger partial charge in [-0.05, 0) is 19.8 Å². The van der Waals surface area contributed by atoms with Crippen molar-refractivity contribution >= 4 is 5.71 Å². The van der Waals surface area contributed by atoms with Gasteiger partial charge in [0.15, 0.2) is 0 Å². The van der Waals surface area contributed by atoms with Gasteiger partial charge in [0.2, 0.25) is 0 Å². The number of rotatable bonds is 4. The summed E-state index contributed by atoms with van der Waals surface area (Å²) in [5.41, 5.74) is 1.03. The standard InChI is InChI=1S/C11H22N2O2/c1-8(2)9(3)13-15-7-11-10(4)14-6-5-12-11/h8,10-12H,5-7H2,1-4H3/b13-9+/t10-,11-/m1/s1. The highest BCUT2D eigenvalue weighted by atomic mass is 16.6. The highest BCUT2D eigenvalue weighted by Gasteiger charge is 2.21. The molecule has 1 aliphatic heterocycles. The second-order valence-electron chi connectivity index (χ2n) is 4.32. The van der Waals surface area contributed by atoms with Crippen molar-refractivity contribution in [2.45, 2.75) is 39.8 Å². The Morgan fingerprint density at radius 2 is 2.33 bits per heavy atom. The van der Waals surface area contributed by atoms with E-state index in [1.165, 1.54) is 0 Å². The number of hydrogen-bond donors (Lipinski definition) is 1. The molecular formula is C11H22N2O2. The second-order valence-corrected chi connectivity index (χ2v) is 4.32. The van der Waals surface area contributed by atoms with Crippen LogP contribution in [0.4, 0.5) is 0 Å². The third-order valence-corrected chi connectivity index (χ3v) is 2.75. The van der Waals surface area contributed by atoms with Crippen LogP contribution in [0.1, 0.15) is 27.7 Å². The summed E-state index contributed by atoms with van der Waals surface area (Å²) in [6.45, 7) is 10.5. The van der Waals surface area contributed by atoms with Crippen LogP contribution in [0, 0.1) is 5.92 Å². The first-order chi connectivity index (χ1) is 7.11. The van der Waals surface area contributed by atoms with Gasteiger partial charge < -0.3 is 14.9 Å². The lowest BCUT2D eigenvalue weighted by atomic mass is 10.1. The van der Waals surface area contributed by atoms with Crippen molar-refractivity contribution < 1.29 is 9.57 Å². The lowest BCUT2D eigenvalue weighted by Crippen LogP contribution is -2.49. The van der Waals surface area contributed by atoms with Crippen LogP contribution < -0.4 is 5.32 Å². The summed E-state index contributed by atoms with van der Waals surface area (Å²) in [5.74, 6) is 0.443. The summed E-state index contributed by atoms with van der Waals surface area (Å²) in [7, 11) is 0. The van der Waals surface area contributed by atoms with Gasteiger partial charge in [-0.2, -0.15) is 0 Å². The monoisotopic (exact) mass is 214 g/mol. The van der Waals surface area contributed by atoms with Crippen molar-refractivity contribution in [2.75, 3.05) is 19.8 Å². The summed E-state index contributed by atoms with van der Waals surface area (Å²) >= 11 is 0. The smallest absolute Gasteiger partial charge is 0.134 e. The molecule has 1 saturated heterocycles. The minimum absolute atomic E-state index is 0.202. The van der Waals surface area contributed by atoms with Gasteiger partial charge in [0.05, 0.1) is 24.5 Å². The normalized spacial score (nSPS) is 28.2. The first-order valence-electron chi connectivity index (χ1n) is 5.62. The molecule has 0 aromatic rings. The summed E-state index contributed by atoms with van der Waals surface area (Å²) < 4.78 is 5.50. The van der Waals surface area contributed by atoms with Gasteiger partial charge in [0.25, 0.3) is 0 Å². The second kappa shape index (κ2) is 6.08. The first kappa shape index (κ1) is 12.5. The van der Waals surface area contributed by atoms with E-state index in [-0.39, 0.29) is 12.1 Å². The van der Waals surface area contributed by atoms with Gasteiger partial charge in [-0.15, -0.1) is 0 Å². The van der Waals surface area contributed by atoms with Crippen LogP contribution >= 0.6 is 0 Å². The van der Waals surface area contributed by atoms with Crippen molar-refractivity contribution in [2.24, 2.45) is 11.1 Å². The quantitative estimate of drug-likeness (QED) is 0.568. The van der Waals surface area contributed by atoms with Gasteiger partial charge >= 0.3 is 0 Å². The Labute approximate surface area is 92.0 Å². The molecule has 0 aromatic heterocycles. The van der Waals surface area contributed by atoms with Crippen molar-refractivity contribution in [1.82, 2.24) is 5.32 Å². The maximum Gasteiger partial charge on any atom is 0.134 e. The zero-order valence-electron chi connectivity index (χ0n) is 10.1. The largest absolute Gasteiger partial charge is 0.394 e. The Balaban J connectivity index is 2.27. The zero-order chi connectivity index (χ0) is 11.3. The van der Waals surface area contributed by atoms with Gasteiger partial charge in [0, 0.05) is 6.54 Å². The fourth-order valence-corrected chi connectivity index (χ4v) is 1.29. The topological polar surface area (TPSA) is 42.8 Å². The number of morpholine rings is 1. The molecule has 0 radical (unpaired) electrons. The summed E-state index contributed by atoms with van der Waals surface area (Å²) in [4.78, 5) is 5.31. The molecule has 15 heavy (non-hydrogen) atoms. The van der Waals surface area contributed by atoms with Crippen LogP contribution in [-0.4, -0.2) is 37.6 Å². The van der Waals surface area contributed by atoms with Crippen LogP contribution in [0.3, 0.4) is 0 Å². The highest BCUT2D eigenvalue weighted by Crippen LogP contribution is 2.05. The molecule has 1 heterocycles.